The Kier molecular flexibility index (Phi) is 6.09. The first kappa shape index (κ1) is 18.9. The second kappa shape index (κ2) is 8.07. The average Bonchev–Trinajstić information content (AvgIpc) is 2.84. The number of aromatic nitrogens is 2. The molecule has 1 aromatic heterocycles. The molecule has 1 aromatic carbocycles. The van der Waals surface area contributed by atoms with Crippen LogP contribution in [-0.4, -0.2) is 28.9 Å². The Morgan fingerprint density at radius 1 is 1.36 bits per heavy atom. The molecule has 25 heavy (non-hydrogen) atoms. The van der Waals surface area contributed by atoms with Crippen molar-refractivity contribution in [3.63, 3.8) is 0 Å². The van der Waals surface area contributed by atoms with Gasteiger partial charge in [-0.2, -0.15) is 5.10 Å². The van der Waals surface area contributed by atoms with Gasteiger partial charge in [-0.1, -0.05) is 11.6 Å². The first-order valence-electron chi connectivity index (χ1n) is 7.84. The lowest BCUT2D eigenvalue weighted by atomic mass is 10.2. The quantitative estimate of drug-likeness (QED) is 0.792. The van der Waals surface area contributed by atoms with Gasteiger partial charge in [0.25, 0.3) is 0 Å². The third-order valence-electron chi connectivity index (χ3n) is 3.29. The first-order chi connectivity index (χ1) is 11.8. The number of aryl methyl sites for hydroxylation is 2. The summed E-state index contributed by atoms with van der Waals surface area (Å²) in [7, 11) is 3.31. The summed E-state index contributed by atoms with van der Waals surface area (Å²) >= 11 is 6.27. The van der Waals surface area contributed by atoms with Crippen molar-refractivity contribution in [1.82, 2.24) is 9.78 Å². The number of amides is 1. The molecule has 0 unspecified atom stereocenters. The zero-order valence-corrected chi connectivity index (χ0v) is 15.7. The van der Waals surface area contributed by atoms with E-state index in [4.69, 9.17) is 21.1 Å². The number of ether oxygens (including phenoxy) is 2. The van der Waals surface area contributed by atoms with Crippen LogP contribution in [0, 0.1) is 6.92 Å². The minimum atomic E-state index is -0.263. The molecule has 0 fully saturated rings. The monoisotopic (exact) mass is 363 g/mol. The Morgan fingerprint density at radius 3 is 2.64 bits per heavy atom. The van der Waals surface area contributed by atoms with Crippen molar-refractivity contribution in [3.8, 4) is 11.5 Å². The molecule has 0 bridgehead atoms. The fourth-order valence-electron chi connectivity index (χ4n) is 2.25. The third-order valence-corrected chi connectivity index (χ3v) is 3.57. The number of rotatable bonds is 6. The molecule has 1 amide bonds. The van der Waals surface area contributed by atoms with Crippen LogP contribution in [0.2, 0.25) is 5.02 Å². The number of nitrogens with one attached hydrogen (secondary N) is 1. The van der Waals surface area contributed by atoms with Gasteiger partial charge in [-0.05, 0) is 44.5 Å². The van der Waals surface area contributed by atoms with Crippen molar-refractivity contribution in [2.45, 2.75) is 26.9 Å². The molecule has 1 N–H and O–H groups in total. The first-order valence-corrected chi connectivity index (χ1v) is 8.22. The Morgan fingerprint density at radius 2 is 2.08 bits per heavy atom. The lowest BCUT2D eigenvalue weighted by molar-refractivity contribution is -0.111. The highest BCUT2D eigenvalue weighted by atomic mass is 35.5. The van der Waals surface area contributed by atoms with Gasteiger partial charge >= 0.3 is 0 Å². The number of anilines is 1. The second-order valence-electron chi connectivity index (χ2n) is 5.82. The molecular formula is C18H22ClN3O3. The van der Waals surface area contributed by atoms with Crippen molar-refractivity contribution >= 4 is 29.4 Å². The Labute approximate surface area is 152 Å². The van der Waals surface area contributed by atoms with E-state index in [9.17, 15) is 4.79 Å². The van der Waals surface area contributed by atoms with E-state index in [1.54, 1.807) is 43.1 Å². The normalized spacial score (nSPS) is 11.2. The lowest BCUT2D eigenvalue weighted by Gasteiger charge is -2.15. The van der Waals surface area contributed by atoms with Crippen LogP contribution < -0.4 is 14.8 Å². The smallest absolute Gasteiger partial charge is 0.249 e. The van der Waals surface area contributed by atoms with E-state index in [-0.39, 0.29) is 12.0 Å². The summed E-state index contributed by atoms with van der Waals surface area (Å²) in [6, 6.07) is 5.28. The molecule has 2 rings (SSSR count). The molecule has 7 heteroatoms. The molecule has 6 nitrogen and oxygen atoms in total. The number of halogens is 1. The standard InChI is InChI=1S/C18H22ClN3O3/c1-11(2)25-18-14(19)9-13(10-15(18)24-5)6-7-17(23)20-16-8-12(3)21-22(16)4/h6-11H,1-5H3,(H,20,23)/b7-6+. The highest BCUT2D eigenvalue weighted by Crippen LogP contribution is 2.37. The molecule has 2 aromatic rings. The van der Waals surface area contributed by atoms with Gasteiger partial charge in [-0.3, -0.25) is 9.48 Å². The maximum Gasteiger partial charge on any atom is 0.249 e. The van der Waals surface area contributed by atoms with E-state index in [2.05, 4.69) is 10.4 Å². The second-order valence-corrected chi connectivity index (χ2v) is 6.23. The van der Waals surface area contributed by atoms with Crippen LogP contribution in [-0.2, 0) is 11.8 Å². The predicted octanol–water partition coefficient (Wildman–Crippen LogP) is 3.83. The van der Waals surface area contributed by atoms with E-state index < -0.39 is 0 Å². The van der Waals surface area contributed by atoms with E-state index in [1.807, 2.05) is 20.8 Å². The molecule has 0 atom stereocenters. The summed E-state index contributed by atoms with van der Waals surface area (Å²) in [5.41, 5.74) is 1.56. The average molecular weight is 364 g/mol. The van der Waals surface area contributed by atoms with Gasteiger partial charge in [-0.15, -0.1) is 0 Å². The Balaban J connectivity index is 2.16. The lowest BCUT2D eigenvalue weighted by Crippen LogP contribution is -2.11. The van der Waals surface area contributed by atoms with Crippen molar-refractivity contribution in [2.24, 2.45) is 7.05 Å². The fraction of sp³-hybridized carbons (Fsp3) is 0.333. The summed E-state index contributed by atoms with van der Waals surface area (Å²) in [5.74, 6) is 1.37. The van der Waals surface area contributed by atoms with Gasteiger partial charge in [0.2, 0.25) is 5.91 Å². The summed E-state index contributed by atoms with van der Waals surface area (Å²) in [5, 5.41) is 7.37. The minimum absolute atomic E-state index is 0.0269. The molecule has 1 heterocycles. The number of carbonyl (C=O) groups is 1. The van der Waals surface area contributed by atoms with Gasteiger partial charge in [0.15, 0.2) is 11.5 Å². The number of nitrogens with zero attached hydrogens (tertiary/aromatic N) is 2. The van der Waals surface area contributed by atoms with Gasteiger partial charge in [0.05, 0.1) is 23.9 Å². The summed E-state index contributed by atoms with van der Waals surface area (Å²) in [6.07, 6.45) is 3.06. The van der Waals surface area contributed by atoms with Gasteiger partial charge < -0.3 is 14.8 Å². The largest absolute Gasteiger partial charge is 0.493 e. The molecule has 134 valence electrons. The molecular weight excluding hydrogens is 342 g/mol. The van der Waals surface area contributed by atoms with E-state index >= 15 is 0 Å². The van der Waals surface area contributed by atoms with Crippen LogP contribution in [0.3, 0.4) is 0 Å². The van der Waals surface area contributed by atoms with E-state index in [0.717, 1.165) is 11.3 Å². The number of hydrogen-bond acceptors (Lipinski definition) is 4. The highest BCUT2D eigenvalue weighted by molar-refractivity contribution is 6.32. The molecule has 0 saturated heterocycles. The van der Waals surface area contributed by atoms with Crippen LogP contribution in [0.25, 0.3) is 6.08 Å². The van der Waals surface area contributed by atoms with Crippen LogP contribution in [0.4, 0.5) is 5.82 Å². The topological polar surface area (TPSA) is 65.4 Å². The van der Waals surface area contributed by atoms with Crippen molar-refractivity contribution in [2.75, 3.05) is 12.4 Å². The van der Waals surface area contributed by atoms with Crippen LogP contribution >= 0.6 is 11.6 Å². The van der Waals surface area contributed by atoms with Crippen molar-refractivity contribution in [1.29, 1.82) is 0 Å². The van der Waals surface area contributed by atoms with E-state index in [0.29, 0.717) is 22.3 Å². The van der Waals surface area contributed by atoms with E-state index in [1.165, 1.54) is 6.08 Å². The van der Waals surface area contributed by atoms with Crippen LogP contribution in [0.5, 0.6) is 11.5 Å². The molecule has 0 aliphatic carbocycles. The van der Waals surface area contributed by atoms with Gasteiger partial charge in [0.1, 0.15) is 5.82 Å². The highest BCUT2D eigenvalue weighted by Gasteiger charge is 2.13. The van der Waals surface area contributed by atoms with Gasteiger partial charge in [-0.25, -0.2) is 0 Å². The molecule has 0 saturated carbocycles. The number of carbonyl (C=O) groups excluding carboxylic acids is 1. The van der Waals surface area contributed by atoms with Gasteiger partial charge in [0, 0.05) is 19.2 Å². The molecule has 0 radical (unpaired) electrons. The summed E-state index contributed by atoms with van der Waals surface area (Å²) in [6.45, 7) is 5.68. The Hall–Kier alpha value is -2.47. The van der Waals surface area contributed by atoms with Crippen molar-refractivity contribution in [3.05, 3.63) is 40.6 Å². The zero-order valence-electron chi connectivity index (χ0n) is 15.0. The fourth-order valence-corrected chi connectivity index (χ4v) is 2.52. The SMILES string of the molecule is COc1cc(/C=C/C(=O)Nc2cc(C)nn2C)cc(Cl)c1OC(C)C. The predicted molar refractivity (Wildman–Crippen MR) is 99.4 cm³/mol. The number of hydrogen-bond donors (Lipinski definition) is 1. The van der Waals surface area contributed by atoms with Crippen LogP contribution in [0.15, 0.2) is 24.3 Å². The summed E-state index contributed by atoms with van der Waals surface area (Å²) in [4.78, 5) is 12.1. The number of benzene rings is 1. The third kappa shape index (κ3) is 5.00. The van der Waals surface area contributed by atoms with Crippen LogP contribution in [0.1, 0.15) is 25.1 Å². The molecule has 0 aliphatic heterocycles. The maximum absolute atomic E-state index is 12.1. The summed E-state index contributed by atoms with van der Waals surface area (Å²) < 4.78 is 12.6. The maximum atomic E-state index is 12.1. The van der Waals surface area contributed by atoms with Crippen molar-refractivity contribution < 1.29 is 14.3 Å². The molecule has 0 aliphatic rings. The molecule has 0 spiro atoms. The minimum Gasteiger partial charge on any atom is -0.493 e. The number of methoxy groups -OCH3 is 1. The Bertz CT molecular complexity index is 797. The zero-order chi connectivity index (χ0) is 18.6.